The number of carbonyl (C=O) groups excluding carboxylic acids is 1. The van der Waals surface area contributed by atoms with Gasteiger partial charge < -0.3 is 14.3 Å². The fourth-order valence-corrected chi connectivity index (χ4v) is 4.46. The lowest BCUT2D eigenvalue weighted by Gasteiger charge is -2.08. The molecule has 0 radical (unpaired) electrons. The van der Waals surface area contributed by atoms with Gasteiger partial charge in [-0.2, -0.15) is 5.10 Å². The van der Waals surface area contributed by atoms with E-state index in [1.54, 1.807) is 17.0 Å². The van der Waals surface area contributed by atoms with Crippen molar-refractivity contribution in [3.63, 3.8) is 0 Å². The lowest BCUT2D eigenvalue weighted by molar-refractivity contribution is -0.113. The third kappa shape index (κ3) is 4.76. The zero-order valence-corrected chi connectivity index (χ0v) is 20.4. The second-order valence-electron chi connectivity index (χ2n) is 8.16. The molecule has 0 aliphatic heterocycles. The first-order valence-electron chi connectivity index (χ1n) is 11.1. The zero-order chi connectivity index (χ0) is 24.4. The van der Waals surface area contributed by atoms with Crippen molar-refractivity contribution in [3.8, 4) is 28.5 Å². The van der Waals surface area contributed by atoms with Crippen LogP contribution >= 0.6 is 11.8 Å². The van der Waals surface area contributed by atoms with Gasteiger partial charge in [0.2, 0.25) is 5.91 Å². The summed E-state index contributed by atoms with van der Waals surface area (Å²) in [6.45, 7) is 4.11. The normalized spacial score (nSPS) is 11.1. The number of para-hydroxylation sites is 1. The quantitative estimate of drug-likeness (QED) is 0.316. The van der Waals surface area contributed by atoms with E-state index in [1.807, 2.05) is 54.1 Å². The summed E-state index contributed by atoms with van der Waals surface area (Å²) in [6.07, 6.45) is 1.59. The molecule has 0 aliphatic rings. The predicted molar refractivity (Wildman–Crippen MR) is 137 cm³/mol. The van der Waals surface area contributed by atoms with Gasteiger partial charge in [0.1, 0.15) is 5.82 Å². The molecular weight excluding hydrogens is 460 g/mol. The van der Waals surface area contributed by atoms with Gasteiger partial charge in [-0.05, 0) is 49.7 Å². The average molecular weight is 485 g/mol. The van der Waals surface area contributed by atoms with Crippen LogP contribution in [0.4, 0.5) is 5.82 Å². The fourth-order valence-electron chi connectivity index (χ4n) is 3.75. The number of anilines is 1. The molecular formula is C26H24N6O2S. The molecule has 5 aromatic rings. The van der Waals surface area contributed by atoms with Gasteiger partial charge in [0.25, 0.3) is 0 Å². The Morgan fingerprint density at radius 1 is 1.03 bits per heavy atom. The summed E-state index contributed by atoms with van der Waals surface area (Å²) in [5, 5.41) is 16.8. The molecule has 0 saturated carbocycles. The summed E-state index contributed by atoms with van der Waals surface area (Å²) >= 11 is 1.31. The predicted octanol–water partition coefficient (Wildman–Crippen LogP) is 5.28. The van der Waals surface area contributed by atoms with Gasteiger partial charge in [-0.15, -0.1) is 10.2 Å². The van der Waals surface area contributed by atoms with Crippen LogP contribution < -0.4 is 5.32 Å². The van der Waals surface area contributed by atoms with Crippen LogP contribution in [-0.2, 0) is 11.8 Å². The first-order chi connectivity index (χ1) is 17.0. The molecule has 2 aromatic carbocycles. The molecule has 3 heterocycles. The molecule has 0 fully saturated rings. The van der Waals surface area contributed by atoms with E-state index in [0.717, 1.165) is 28.1 Å². The molecule has 0 atom stereocenters. The van der Waals surface area contributed by atoms with Crippen LogP contribution in [0.15, 0.2) is 82.6 Å². The molecule has 9 heteroatoms. The van der Waals surface area contributed by atoms with Gasteiger partial charge >= 0.3 is 0 Å². The molecule has 3 aromatic heterocycles. The molecule has 0 saturated heterocycles. The van der Waals surface area contributed by atoms with Crippen LogP contribution in [0.1, 0.15) is 11.1 Å². The van der Waals surface area contributed by atoms with Crippen molar-refractivity contribution in [1.29, 1.82) is 0 Å². The Morgan fingerprint density at radius 3 is 2.63 bits per heavy atom. The smallest absolute Gasteiger partial charge is 0.236 e. The highest BCUT2D eigenvalue weighted by molar-refractivity contribution is 7.99. The van der Waals surface area contributed by atoms with Crippen molar-refractivity contribution < 1.29 is 9.21 Å². The maximum absolute atomic E-state index is 12.9. The standard InChI is InChI=1S/C26H24N6O2S/c1-17-11-12-18(2)20(14-17)21-15-23(32(30-21)19-8-5-4-6-9-19)27-24(33)16-35-26-29-28-25(31(26)3)22-10-7-13-34-22/h4-15H,16H2,1-3H3,(H,27,33). The topological polar surface area (TPSA) is 90.8 Å². The van der Waals surface area contributed by atoms with Gasteiger partial charge in [-0.3, -0.25) is 4.79 Å². The van der Waals surface area contributed by atoms with Crippen molar-refractivity contribution in [2.24, 2.45) is 7.05 Å². The number of amides is 1. The maximum Gasteiger partial charge on any atom is 0.236 e. The van der Waals surface area contributed by atoms with Gasteiger partial charge in [0.15, 0.2) is 16.7 Å². The number of benzene rings is 2. The molecule has 0 aliphatic carbocycles. The lowest BCUT2D eigenvalue weighted by atomic mass is 10.0. The summed E-state index contributed by atoms with van der Waals surface area (Å²) in [7, 11) is 1.85. The Labute approximate surface area is 207 Å². The van der Waals surface area contributed by atoms with Gasteiger partial charge in [0.05, 0.1) is 23.4 Å². The van der Waals surface area contributed by atoms with Crippen molar-refractivity contribution in [2.75, 3.05) is 11.1 Å². The maximum atomic E-state index is 12.9. The molecule has 0 unspecified atom stereocenters. The second kappa shape index (κ2) is 9.63. The molecule has 1 amide bonds. The van der Waals surface area contributed by atoms with E-state index in [1.165, 1.54) is 11.8 Å². The first kappa shape index (κ1) is 22.7. The van der Waals surface area contributed by atoms with Crippen LogP contribution in [0.5, 0.6) is 0 Å². The Kier molecular flexibility index (Phi) is 6.24. The Balaban J connectivity index is 1.38. The van der Waals surface area contributed by atoms with Crippen LogP contribution in [0.3, 0.4) is 0 Å². The number of aryl methyl sites for hydroxylation is 2. The Bertz CT molecular complexity index is 1470. The second-order valence-corrected chi connectivity index (χ2v) is 9.10. The molecule has 0 bridgehead atoms. The van der Waals surface area contributed by atoms with Crippen molar-refractivity contribution in [3.05, 3.63) is 84.1 Å². The molecule has 5 rings (SSSR count). The monoisotopic (exact) mass is 484 g/mol. The Hall–Kier alpha value is -4.11. The van der Waals surface area contributed by atoms with Crippen molar-refractivity contribution in [1.82, 2.24) is 24.5 Å². The number of nitrogens with one attached hydrogen (secondary N) is 1. The fraction of sp³-hybridized carbons (Fsp3) is 0.154. The van der Waals surface area contributed by atoms with E-state index in [4.69, 9.17) is 9.52 Å². The first-order valence-corrected chi connectivity index (χ1v) is 12.1. The molecule has 0 spiro atoms. The van der Waals surface area contributed by atoms with E-state index in [0.29, 0.717) is 22.6 Å². The molecule has 8 nitrogen and oxygen atoms in total. The van der Waals surface area contributed by atoms with E-state index >= 15 is 0 Å². The van der Waals surface area contributed by atoms with Crippen LogP contribution in [0.25, 0.3) is 28.5 Å². The largest absolute Gasteiger partial charge is 0.461 e. The minimum Gasteiger partial charge on any atom is -0.461 e. The number of carbonyl (C=O) groups is 1. The lowest BCUT2D eigenvalue weighted by Crippen LogP contribution is -2.17. The summed E-state index contributed by atoms with van der Waals surface area (Å²) in [6, 6.07) is 21.6. The van der Waals surface area contributed by atoms with Crippen molar-refractivity contribution >= 4 is 23.5 Å². The minimum atomic E-state index is -0.165. The van der Waals surface area contributed by atoms with Crippen LogP contribution in [-0.4, -0.2) is 36.2 Å². The summed E-state index contributed by atoms with van der Waals surface area (Å²) in [5.41, 5.74) is 4.97. The van der Waals surface area contributed by atoms with Gasteiger partial charge in [-0.25, -0.2) is 4.68 Å². The summed E-state index contributed by atoms with van der Waals surface area (Å²) in [5.74, 6) is 1.84. The zero-order valence-electron chi connectivity index (χ0n) is 19.6. The molecule has 1 N–H and O–H groups in total. The SMILES string of the molecule is Cc1ccc(C)c(-c2cc(NC(=O)CSc3nnc(-c4ccco4)n3C)n(-c3ccccc3)n2)c1. The number of nitrogens with zero attached hydrogens (tertiary/aromatic N) is 5. The highest BCUT2D eigenvalue weighted by atomic mass is 32.2. The van der Waals surface area contributed by atoms with Crippen molar-refractivity contribution in [2.45, 2.75) is 19.0 Å². The van der Waals surface area contributed by atoms with Crippen LogP contribution in [0, 0.1) is 13.8 Å². The van der Waals surface area contributed by atoms with E-state index in [-0.39, 0.29) is 11.7 Å². The average Bonchev–Trinajstić information content (AvgIpc) is 3.60. The number of furan rings is 1. The number of aromatic nitrogens is 5. The highest BCUT2D eigenvalue weighted by Crippen LogP contribution is 2.29. The molecule has 35 heavy (non-hydrogen) atoms. The van der Waals surface area contributed by atoms with Gasteiger partial charge in [0, 0.05) is 18.7 Å². The number of rotatable bonds is 7. The summed E-state index contributed by atoms with van der Waals surface area (Å²) in [4.78, 5) is 12.9. The Morgan fingerprint density at radius 2 is 1.86 bits per heavy atom. The number of hydrogen-bond acceptors (Lipinski definition) is 6. The number of hydrogen-bond donors (Lipinski definition) is 1. The van der Waals surface area contributed by atoms with E-state index in [2.05, 4.69) is 47.6 Å². The minimum absolute atomic E-state index is 0.165. The van der Waals surface area contributed by atoms with E-state index in [9.17, 15) is 4.79 Å². The number of thioether (sulfide) groups is 1. The highest BCUT2D eigenvalue weighted by Gasteiger charge is 2.17. The van der Waals surface area contributed by atoms with Gasteiger partial charge in [-0.1, -0.05) is 47.7 Å². The van der Waals surface area contributed by atoms with Crippen LogP contribution in [0.2, 0.25) is 0 Å². The van der Waals surface area contributed by atoms with E-state index < -0.39 is 0 Å². The third-order valence-electron chi connectivity index (χ3n) is 5.56. The molecule has 176 valence electrons. The summed E-state index contributed by atoms with van der Waals surface area (Å²) < 4.78 is 8.98. The third-order valence-corrected chi connectivity index (χ3v) is 6.58.